The van der Waals surface area contributed by atoms with Crippen LogP contribution in [-0.2, 0) is 14.3 Å². The van der Waals surface area contributed by atoms with Crippen molar-refractivity contribution in [2.45, 2.75) is 13.0 Å². The second kappa shape index (κ2) is 5.40. The number of hydrogen-bond acceptors (Lipinski definition) is 3. The van der Waals surface area contributed by atoms with Crippen LogP contribution in [0.5, 0.6) is 0 Å². The first kappa shape index (κ1) is 10.7. The van der Waals surface area contributed by atoms with Crippen molar-refractivity contribution in [3.8, 4) is 0 Å². The Morgan fingerprint density at radius 3 is 2.57 bits per heavy atom. The number of benzene rings is 1. The van der Waals surface area contributed by atoms with Gasteiger partial charge in [-0.3, -0.25) is 0 Å². The molecular formula is C11H14O3. The van der Waals surface area contributed by atoms with Gasteiger partial charge in [0.15, 0.2) is 0 Å². The fourth-order valence-electron chi connectivity index (χ4n) is 1.07. The van der Waals surface area contributed by atoms with E-state index < -0.39 is 0 Å². The van der Waals surface area contributed by atoms with Crippen LogP contribution in [0.15, 0.2) is 30.3 Å². The first-order valence-electron chi connectivity index (χ1n) is 4.47. The predicted octanol–water partition coefficient (Wildman–Crippen LogP) is 1.94. The molecule has 1 unspecified atom stereocenters. The molecule has 3 nitrogen and oxygen atoms in total. The summed E-state index contributed by atoms with van der Waals surface area (Å²) in [6.07, 6.45) is -0.0877. The Kier molecular flexibility index (Phi) is 4.13. The number of rotatable bonds is 4. The standard InChI is InChI=1S/C11H14O3/c1-9(14-8-11(12)13-2)10-6-4-3-5-7-10/h3-7,9H,8H2,1-2H3. The first-order chi connectivity index (χ1) is 6.74. The lowest BCUT2D eigenvalue weighted by Crippen LogP contribution is -2.12. The molecule has 1 aromatic carbocycles. The number of hydrogen-bond donors (Lipinski definition) is 0. The summed E-state index contributed by atoms with van der Waals surface area (Å²) in [5, 5.41) is 0. The van der Waals surface area contributed by atoms with Crippen LogP contribution in [0.3, 0.4) is 0 Å². The van der Waals surface area contributed by atoms with Crippen molar-refractivity contribution in [1.82, 2.24) is 0 Å². The molecule has 1 atom stereocenters. The lowest BCUT2D eigenvalue weighted by Gasteiger charge is -2.11. The molecule has 0 aliphatic rings. The number of carbonyl (C=O) groups is 1. The molecular weight excluding hydrogens is 180 g/mol. The molecule has 0 saturated carbocycles. The van der Waals surface area contributed by atoms with E-state index in [0.717, 1.165) is 5.56 Å². The second-order valence-corrected chi connectivity index (χ2v) is 2.94. The van der Waals surface area contributed by atoms with Gasteiger partial charge in [0, 0.05) is 0 Å². The molecule has 0 aliphatic carbocycles. The highest BCUT2D eigenvalue weighted by Crippen LogP contribution is 2.15. The molecule has 76 valence electrons. The smallest absolute Gasteiger partial charge is 0.331 e. The third kappa shape index (κ3) is 3.18. The maximum atomic E-state index is 10.8. The molecule has 0 amide bonds. The van der Waals surface area contributed by atoms with Crippen LogP contribution in [0.2, 0.25) is 0 Å². The molecule has 0 N–H and O–H groups in total. The van der Waals surface area contributed by atoms with Gasteiger partial charge in [-0.25, -0.2) is 4.79 Å². The third-order valence-electron chi connectivity index (χ3n) is 1.95. The summed E-state index contributed by atoms with van der Waals surface area (Å²) in [4.78, 5) is 10.8. The first-order valence-corrected chi connectivity index (χ1v) is 4.47. The van der Waals surface area contributed by atoms with E-state index in [4.69, 9.17) is 4.74 Å². The lowest BCUT2D eigenvalue weighted by atomic mass is 10.1. The van der Waals surface area contributed by atoms with E-state index in [2.05, 4.69) is 4.74 Å². The maximum absolute atomic E-state index is 10.8. The molecule has 0 saturated heterocycles. The minimum atomic E-state index is -0.354. The van der Waals surface area contributed by atoms with Gasteiger partial charge < -0.3 is 9.47 Å². The average molecular weight is 194 g/mol. The Morgan fingerprint density at radius 1 is 1.36 bits per heavy atom. The number of carbonyl (C=O) groups excluding carboxylic acids is 1. The second-order valence-electron chi connectivity index (χ2n) is 2.94. The topological polar surface area (TPSA) is 35.5 Å². The van der Waals surface area contributed by atoms with Crippen LogP contribution in [0.1, 0.15) is 18.6 Å². The van der Waals surface area contributed by atoms with Crippen molar-refractivity contribution in [2.24, 2.45) is 0 Å². The predicted molar refractivity (Wildman–Crippen MR) is 52.8 cm³/mol. The quantitative estimate of drug-likeness (QED) is 0.687. The zero-order chi connectivity index (χ0) is 10.4. The van der Waals surface area contributed by atoms with Gasteiger partial charge in [0.2, 0.25) is 0 Å². The number of esters is 1. The van der Waals surface area contributed by atoms with Gasteiger partial charge in [-0.2, -0.15) is 0 Å². The Labute approximate surface area is 83.6 Å². The zero-order valence-electron chi connectivity index (χ0n) is 8.40. The van der Waals surface area contributed by atoms with E-state index in [1.165, 1.54) is 7.11 Å². The molecule has 14 heavy (non-hydrogen) atoms. The van der Waals surface area contributed by atoms with Crippen molar-refractivity contribution in [1.29, 1.82) is 0 Å². The molecule has 0 aromatic heterocycles. The van der Waals surface area contributed by atoms with Crippen molar-refractivity contribution in [2.75, 3.05) is 13.7 Å². The Hall–Kier alpha value is -1.35. The summed E-state index contributed by atoms with van der Waals surface area (Å²) in [5.41, 5.74) is 1.05. The van der Waals surface area contributed by atoms with E-state index in [1.807, 2.05) is 37.3 Å². The minimum Gasteiger partial charge on any atom is -0.467 e. The number of methoxy groups -OCH3 is 1. The molecule has 0 radical (unpaired) electrons. The molecule has 1 rings (SSSR count). The molecule has 0 bridgehead atoms. The van der Waals surface area contributed by atoms with Crippen LogP contribution in [0.25, 0.3) is 0 Å². The number of ether oxygens (including phenoxy) is 2. The van der Waals surface area contributed by atoms with Gasteiger partial charge in [-0.05, 0) is 12.5 Å². The van der Waals surface area contributed by atoms with Crippen molar-refractivity contribution in [3.63, 3.8) is 0 Å². The van der Waals surface area contributed by atoms with Gasteiger partial charge in [0.1, 0.15) is 6.61 Å². The maximum Gasteiger partial charge on any atom is 0.331 e. The normalized spacial score (nSPS) is 12.1. The third-order valence-corrected chi connectivity index (χ3v) is 1.95. The summed E-state index contributed by atoms with van der Waals surface area (Å²) < 4.78 is 9.78. The molecule has 1 aromatic rings. The van der Waals surface area contributed by atoms with Crippen LogP contribution in [0.4, 0.5) is 0 Å². The van der Waals surface area contributed by atoms with Gasteiger partial charge in [0.25, 0.3) is 0 Å². The molecule has 0 fully saturated rings. The molecule has 0 spiro atoms. The summed E-state index contributed by atoms with van der Waals surface area (Å²) in [6, 6.07) is 9.74. The summed E-state index contributed by atoms with van der Waals surface area (Å²) in [7, 11) is 1.35. The fourth-order valence-corrected chi connectivity index (χ4v) is 1.07. The van der Waals surface area contributed by atoms with E-state index in [1.54, 1.807) is 0 Å². The lowest BCUT2D eigenvalue weighted by molar-refractivity contribution is -0.147. The van der Waals surface area contributed by atoms with Gasteiger partial charge in [-0.1, -0.05) is 30.3 Å². The monoisotopic (exact) mass is 194 g/mol. The largest absolute Gasteiger partial charge is 0.467 e. The summed E-state index contributed by atoms with van der Waals surface area (Å²) >= 11 is 0. The minimum absolute atomic E-state index is 0.00738. The van der Waals surface area contributed by atoms with Gasteiger partial charge in [0.05, 0.1) is 13.2 Å². The van der Waals surface area contributed by atoms with Crippen molar-refractivity contribution < 1.29 is 14.3 Å². The highest BCUT2D eigenvalue weighted by atomic mass is 16.6. The molecule has 0 heterocycles. The van der Waals surface area contributed by atoms with E-state index in [-0.39, 0.29) is 18.7 Å². The Bertz CT molecular complexity index is 282. The van der Waals surface area contributed by atoms with Crippen LogP contribution < -0.4 is 0 Å². The van der Waals surface area contributed by atoms with E-state index in [9.17, 15) is 4.79 Å². The van der Waals surface area contributed by atoms with Crippen LogP contribution in [0, 0.1) is 0 Å². The zero-order valence-corrected chi connectivity index (χ0v) is 8.40. The van der Waals surface area contributed by atoms with Gasteiger partial charge >= 0.3 is 5.97 Å². The highest BCUT2D eigenvalue weighted by molar-refractivity contribution is 5.70. The average Bonchev–Trinajstić information content (AvgIpc) is 2.26. The molecule has 0 aliphatic heterocycles. The van der Waals surface area contributed by atoms with E-state index in [0.29, 0.717) is 0 Å². The fraction of sp³-hybridized carbons (Fsp3) is 0.364. The summed E-state index contributed by atoms with van der Waals surface area (Å²) in [5.74, 6) is -0.354. The van der Waals surface area contributed by atoms with Crippen LogP contribution in [-0.4, -0.2) is 19.7 Å². The Balaban J connectivity index is 2.43. The molecule has 3 heteroatoms. The Morgan fingerprint density at radius 2 is 2.00 bits per heavy atom. The SMILES string of the molecule is COC(=O)COC(C)c1ccccc1. The van der Waals surface area contributed by atoms with E-state index >= 15 is 0 Å². The summed E-state index contributed by atoms with van der Waals surface area (Å²) in [6.45, 7) is 1.89. The van der Waals surface area contributed by atoms with Crippen molar-refractivity contribution >= 4 is 5.97 Å². The van der Waals surface area contributed by atoms with Crippen molar-refractivity contribution in [3.05, 3.63) is 35.9 Å². The van der Waals surface area contributed by atoms with Gasteiger partial charge in [-0.15, -0.1) is 0 Å². The highest BCUT2D eigenvalue weighted by Gasteiger charge is 2.07. The van der Waals surface area contributed by atoms with Crippen LogP contribution >= 0.6 is 0 Å².